The lowest BCUT2D eigenvalue weighted by Crippen LogP contribution is -1.97. The molecule has 0 spiro atoms. The summed E-state index contributed by atoms with van der Waals surface area (Å²) in [5.74, 6) is 0. The third kappa shape index (κ3) is 8.01. The number of rotatable bonds is 11. The van der Waals surface area contributed by atoms with E-state index in [1.807, 2.05) is 47.0 Å². The quantitative estimate of drug-likeness (QED) is 0.164. The SMILES string of the molecule is [N-]=[N+]=NCCCCCCCCOCC1=CSC(=C2SC=CS2)S1. The fraction of sp³-hybridized carbons (Fsp3) is 0.600. The second-order valence-electron chi connectivity index (χ2n) is 5.02. The van der Waals surface area contributed by atoms with Crippen LogP contribution in [0.4, 0.5) is 0 Å². The van der Waals surface area contributed by atoms with Crippen LogP contribution >= 0.6 is 47.0 Å². The van der Waals surface area contributed by atoms with Crippen LogP contribution in [0.25, 0.3) is 10.4 Å². The van der Waals surface area contributed by atoms with Gasteiger partial charge in [0.2, 0.25) is 0 Å². The van der Waals surface area contributed by atoms with Crippen molar-refractivity contribution in [1.29, 1.82) is 0 Å². The number of azide groups is 1. The molecule has 4 nitrogen and oxygen atoms in total. The molecule has 0 atom stereocenters. The number of nitrogens with zero attached hydrogens (tertiary/aromatic N) is 3. The van der Waals surface area contributed by atoms with Gasteiger partial charge in [-0.1, -0.05) is 77.8 Å². The van der Waals surface area contributed by atoms with E-state index in [1.54, 1.807) is 0 Å². The van der Waals surface area contributed by atoms with Crippen molar-refractivity contribution in [1.82, 2.24) is 0 Å². The van der Waals surface area contributed by atoms with Crippen LogP contribution in [0.15, 0.2) is 34.7 Å². The van der Waals surface area contributed by atoms with Crippen LogP contribution in [-0.2, 0) is 4.74 Å². The molecular weight excluding hydrogens is 366 g/mol. The van der Waals surface area contributed by atoms with Crippen LogP contribution in [0.5, 0.6) is 0 Å². The Kier molecular flexibility index (Phi) is 10.3. The molecule has 0 radical (unpaired) electrons. The van der Waals surface area contributed by atoms with Crippen LogP contribution in [0.3, 0.4) is 0 Å². The van der Waals surface area contributed by atoms with Crippen molar-refractivity contribution in [2.75, 3.05) is 19.8 Å². The van der Waals surface area contributed by atoms with Gasteiger partial charge in [0.05, 0.1) is 15.1 Å². The lowest BCUT2D eigenvalue weighted by molar-refractivity contribution is 0.155. The van der Waals surface area contributed by atoms with E-state index >= 15 is 0 Å². The third-order valence-corrected chi connectivity index (χ3v) is 8.24. The van der Waals surface area contributed by atoms with Gasteiger partial charge in [0.1, 0.15) is 0 Å². The molecule has 2 aliphatic heterocycles. The van der Waals surface area contributed by atoms with Crippen LogP contribution < -0.4 is 0 Å². The fourth-order valence-corrected chi connectivity index (χ4v) is 6.47. The molecule has 0 aliphatic carbocycles. The molecule has 2 aliphatic rings. The monoisotopic (exact) mass is 387 g/mol. The molecule has 126 valence electrons. The lowest BCUT2D eigenvalue weighted by atomic mass is 10.1. The van der Waals surface area contributed by atoms with E-state index in [0.717, 1.165) is 32.5 Å². The van der Waals surface area contributed by atoms with E-state index in [2.05, 4.69) is 26.3 Å². The van der Waals surface area contributed by atoms with Gasteiger partial charge in [-0.2, -0.15) is 0 Å². The maximum atomic E-state index is 8.17. The molecule has 0 unspecified atom stereocenters. The Morgan fingerprint density at radius 2 is 1.70 bits per heavy atom. The average Bonchev–Trinajstić information content (AvgIpc) is 3.23. The zero-order valence-electron chi connectivity index (χ0n) is 13.0. The molecule has 0 aromatic heterocycles. The van der Waals surface area contributed by atoms with Crippen molar-refractivity contribution in [2.24, 2.45) is 5.11 Å². The van der Waals surface area contributed by atoms with Gasteiger partial charge in [0, 0.05) is 23.0 Å². The zero-order chi connectivity index (χ0) is 16.2. The molecule has 0 bridgehead atoms. The van der Waals surface area contributed by atoms with Crippen molar-refractivity contribution in [3.8, 4) is 0 Å². The Balaban J connectivity index is 1.41. The van der Waals surface area contributed by atoms with E-state index in [-0.39, 0.29) is 0 Å². The maximum Gasteiger partial charge on any atom is 0.0784 e. The van der Waals surface area contributed by atoms with Crippen molar-refractivity contribution < 1.29 is 4.74 Å². The third-order valence-electron chi connectivity index (χ3n) is 3.20. The molecule has 0 amide bonds. The summed E-state index contributed by atoms with van der Waals surface area (Å²) in [7, 11) is 0. The summed E-state index contributed by atoms with van der Waals surface area (Å²) in [5.41, 5.74) is 8.17. The van der Waals surface area contributed by atoms with Gasteiger partial charge in [-0.3, -0.25) is 0 Å². The first-order valence-corrected chi connectivity index (χ1v) is 11.2. The Labute approximate surface area is 155 Å². The molecule has 0 fully saturated rings. The standard InChI is InChI=1S/C15H21N3OS4/c16-18-17-7-5-3-1-2-4-6-8-19-11-13-12-22-15(23-13)14-20-9-10-21-14/h9-10,12H,1-8,11H2. The fourth-order valence-electron chi connectivity index (χ4n) is 2.05. The van der Waals surface area contributed by atoms with Gasteiger partial charge in [0.25, 0.3) is 0 Å². The molecule has 0 saturated heterocycles. The molecule has 8 heteroatoms. The summed E-state index contributed by atoms with van der Waals surface area (Å²) >= 11 is 7.29. The van der Waals surface area contributed by atoms with Gasteiger partial charge in [-0.15, -0.1) is 0 Å². The number of thioether (sulfide) groups is 4. The maximum absolute atomic E-state index is 8.17. The number of ether oxygens (including phenoxy) is 1. The molecule has 0 N–H and O–H groups in total. The van der Waals surface area contributed by atoms with E-state index in [9.17, 15) is 0 Å². The first-order valence-electron chi connectivity index (χ1n) is 7.75. The molecule has 0 aromatic carbocycles. The van der Waals surface area contributed by atoms with Crippen molar-refractivity contribution in [3.63, 3.8) is 0 Å². The van der Waals surface area contributed by atoms with E-state index in [4.69, 9.17) is 10.3 Å². The Morgan fingerprint density at radius 3 is 2.48 bits per heavy atom. The minimum Gasteiger partial charge on any atom is -0.376 e. The molecular formula is C15H21N3OS4. The Hall–Kier alpha value is -0.110. The van der Waals surface area contributed by atoms with Crippen LogP contribution in [0, 0.1) is 0 Å². The van der Waals surface area contributed by atoms with Crippen LogP contribution in [-0.4, -0.2) is 19.8 Å². The summed E-state index contributed by atoms with van der Waals surface area (Å²) in [6.07, 6.45) is 6.97. The zero-order valence-corrected chi connectivity index (χ0v) is 16.2. The smallest absolute Gasteiger partial charge is 0.0784 e. The van der Waals surface area contributed by atoms with Crippen LogP contribution in [0.1, 0.15) is 38.5 Å². The summed E-state index contributed by atoms with van der Waals surface area (Å²) in [4.78, 5) is 4.08. The Morgan fingerprint density at radius 1 is 0.957 bits per heavy atom. The highest BCUT2D eigenvalue weighted by atomic mass is 32.2. The van der Waals surface area contributed by atoms with Crippen LogP contribution in [0.2, 0.25) is 0 Å². The predicted octanol–water partition coefficient (Wildman–Crippen LogP) is 7.05. The highest BCUT2D eigenvalue weighted by Crippen LogP contribution is 2.53. The summed E-state index contributed by atoms with van der Waals surface area (Å²) in [5, 5.41) is 10.0. The van der Waals surface area contributed by atoms with Gasteiger partial charge in [-0.25, -0.2) is 0 Å². The van der Waals surface area contributed by atoms with Gasteiger partial charge >= 0.3 is 0 Å². The van der Waals surface area contributed by atoms with E-state index in [1.165, 1.54) is 32.6 Å². The number of hydrogen-bond acceptors (Lipinski definition) is 6. The lowest BCUT2D eigenvalue weighted by Gasteiger charge is -2.05. The molecule has 2 heterocycles. The summed E-state index contributed by atoms with van der Waals surface area (Å²) in [6, 6.07) is 0. The first-order chi connectivity index (χ1) is 11.4. The van der Waals surface area contributed by atoms with Gasteiger partial charge < -0.3 is 4.74 Å². The molecule has 0 aromatic rings. The van der Waals surface area contributed by atoms with E-state index < -0.39 is 0 Å². The topological polar surface area (TPSA) is 58.0 Å². The molecule has 0 saturated carbocycles. The minimum absolute atomic E-state index is 0.635. The number of hydrogen-bond donors (Lipinski definition) is 0. The van der Waals surface area contributed by atoms with Gasteiger partial charge in [0.15, 0.2) is 0 Å². The van der Waals surface area contributed by atoms with E-state index in [0.29, 0.717) is 6.54 Å². The second kappa shape index (κ2) is 12.3. The summed E-state index contributed by atoms with van der Waals surface area (Å²) in [6.45, 7) is 2.22. The molecule has 2 rings (SSSR count). The van der Waals surface area contributed by atoms with Crippen molar-refractivity contribution in [3.05, 3.63) is 40.0 Å². The van der Waals surface area contributed by atoms with Crippen molar-refractivity contribution >= 4 is 47.0 Å². The second-order valence-corrected chi connectivity index (χ2v) is 9.38. The predicted molar refractivity (Wildman–Crippen MR) is 107 cm³/mol. The minimum atomic E-state index is 0.635. The average molecular weight is 388 g/mol. The largest absolute Gasteiger partial charge is 0.376 e. The normalized spacial score (nSPS) is 16.8. The highest BCUT2D eigenvalue weighted by Gasteiger charge is 2.18. The first kappa shape index (κ1) is 19.2. The van der Waals surface area contributed by atoms with Gasteiger partial charge in [-0.05, 0) is 34.6 Å². The Bertz CT molecular complexity index is 503. The number of unbranched alkanes of at least 4 members (excludes halogenated alkanes) is 5. The highest BCUT2D eigenvalue weighted by molar-refractivity contribution is 8.33. The summed E-state index contributed by atoms with van der Waals surface area (Å²) < 4.78 is 8.57. The van der Waals surface area contributed by atoms with Crippen molar-refractivity contribution in [2.45, 2.75) is 38.5 Å². The molecule has 23 heavy (non-hydrogen) atoms.